The number of hydrogen-bond donors (Lipinski definition) is 0. The van der Waals surface area contributed by atoms with Crippen LogP contribution in [0.25, 0.3) is 0 Å². The van der Waals surface area contributed by atoms with E-state index in [0.717, 1.165) is 19.6 Å². The zero-order valence-electron chi connectivity index (χ0n) is 11.2. The van der Waals surface area contributed by atoms with Gasteiger partial charge in [0.1, 0.15) is 0 Å². The summed E-state index contributed by atoms with van der Waals surface area (Å²) in [5, 5.41) is 0. The maximum Gasteiger partial charge on any atom is 0.0596 e. The van der Waals surface area contributed by atoms with Crippen molar-refractivity contribution in [3.05, 3.63) is 11.1 Å². The van der Waals surface area contributed by atoms with Crippen LogP contribution in [0.2, 0.25) is 0 Å². The van der Waals surface area contributed by atoms with Gasteiger partial charge >= 0.3 is 0 Å². The van der Waals surface area contributed by atoms with E-state index in [2.05, 4.69) is 25.1 Å². The van der Waals surface area contributed by atoms with Crippen molar-refractivity contribution in [1.82, 2.24) is 0 Å². The predicted octanol–water partition coefficient (Wildman–Crippen LogP) is 3.76. The van der Waals surface area contributed by atoms with Crippen LogP contribution >= 0.6 is 0 Å². The fourth-order valence-corrected chi connectivity index (χ4v) is 2.95. The van der Waals surface area contributed by atoms with Crippen LogP contribution in [0, 0.1) is 5.92 Å². The smallest absolute Gasteiger partial charge is 0.0596 e. The maximum atomic E-state index is 5.93. The summed E-state index contributed by atoms with van der Waals surface area (Å²) in [5.74, 6) is 0.635. The van der Waals surface area contributed by atoms with Crippen LogP contribution in [0.15, 0.2) is 16.1 Å². The zero-order chi connectivity index (χ0) is 12.1. The van der Waals surface area contributed by atoms with Crippen molar-refractivity contribution in [2.75, 3.05) is 13.2 Å². The van der Waals surface area contributed by atoms with Crippen molar-refractivity contribution in [3.8, 4) is 0 Å². The molecule has 1 saturated carbocycles. The molecule has 96 valence electrons. The molecular formula is C15H25NO. The van der Waals surface area contributed by atoms with Gasteiger partial charge in [-0.3, -0.25) is 4.99 Å². The van der Waals surface area contributed by atoms with Crippen LogP contribution in [0.3, 0.4) is 0 Å². The fraction of sp³-hybridized carbons (Fsp3) is 0.800. The Labute approximate surface area is 105 Å². The minimum absolute atomic E-state index is 0.495. The predicted molar refractivity (Wildman–Crippen MR) is 72.7 cm³/mol. The number of rotatable bonds is 3. The molecule has 1 aliphatic heterocycles. The number of dihydropyridines is 1. The molecule has 0 bridgehead atoms. The van der Waals surface area contributed by atoms with Crippen molar-refractivity contribution in [3.63, 3.8) is 0 Å². The first-order valence-electron chi connectivity index (χ1n) is 7.11. The lowest BCUT2D eigenvalue weighted by Crippen LogP contribution is -2.22. The van der Waals surface area contributed by atoms with Gasteiger partial charge < -0.3 is 4.74 Å². The van der Waals surface area contributed by atoms with Gasteiger partial charge in [0.15, 0.2) is 0 Å². The topological polar surface area (TPSA) is 21.6 Å². The second-order valence-corrected chi connectivity index (χ2v) is 5.36. The molecule has 0 amide bonds. The van der Waals surface area contributed by atoms with Crippen molar-refractivity contribution in [1.29, 1.82) is 0 Å². The second-order valence-electron chi connectivity index (χ2n) is 5.36. The van der Waals surface area contributed by atoms with Crippen LogP contribution < -0.4 is 0 Å². The molecule has 2 atom stereocenters. The summed E-state index contributed by atoms with van der Waals surface area (Å²) >= 11 is 0. The lowest BCUT2D eigenvalue weighted by atomic mass is 9.82. The van der Waals surface area contributed by atoms with E-state index in [1.54, 1.807) is 5.57 Å². The number of allylic oxidation sites excluding steroid dienone is 1. The number of aliphatic imine (C=N–C) groups is 1. The molecule has 2 heteroatoms. The Morgan fingerprint density at radius 2 is 2.24 bits per heavy atom. The molecule has 17 heavy (non-hydrogen) atoms. The summed E-state index contributed by atoms with van der Waals surface area (Å²) in [7, 11) is 0. The minimum atomic E-state index is 0.495. The molecule has 2 nitrogen and oxygen atoms in total. The largest absolute Gasteiger partial charge is 0.378 e. The van der Waals surface area contributed by atoms with Gasteiger partial charge in [0.2, 0.25) is 0 Å². The van der Waals surface area contributed by atoms with E-state index < -0.39 is 0 Å². The highest BCUT2D eigenvalue weighted by atomic mass is 16.5. The van der Waals surface area contributed by atoms with Crippen LogP contribution in [0.1, 0.15) is 52.4 Å². The molecule has 1 heterocycles. The highest BCUT2D eigenvalue weighted by Crippen LogP contribution is 2.31. The molecular weight excluding hydrogens is 210 g/mol. The highest BCUT2D eigenvalue weighted by molar-refractivity contribution is 5.67. The van der Waals surface area contributed by atoms with Gasteiger partial charge in [0, 0.05) is 18.7 Å². The Bertz CT molecular complexity index is 306. The molecule has 1 aliphatic carbocycles. The average Bonchev–Trinajstić information content (AvgIpc) is 2.30. The quantitative estimate of drug-likeness (QED) is 0.682. The van der Waals surface area contributed by atoms with E-state index in [4.69, 9.17) is 4.74 Å². The normalized spacial score (nSPS) is 29.8. The van der Waals surface area contributed by atoms with Crippen LogP contribution in [0.4, 0.5) is 0 Å². The summed E-state index contributed by atoms with van der Waals surface area (Å²) in [6, 6.07) is 0. The Morgan fingerprint density at radius 3 is 3.06 bits per heavy atom. The molecule has 1 fully saturated rings. The molecule has 0 N–H and O–H groups in total. The molecule has 0 aromatic rings. The molecule has 0 aromatic heterocycles. The molecule has 2 aliphatic rings. The Morgan fingerprint density at radius 1 is 1.35 bits per heavy atom. The average molecular weight is 235 g/mol. The monoisotopic (exact) mass is 235 g/mol. The molecule has 0 aromatic carbocycles. The van der Waals surface area contributed by atoms with Gasteiger partial charge in [-0.15, -0.1) is 0 Å². The number of ether oxygens (including phenoxy) is 1. The minimum Gasteiger partial charge on any atom is -0.378 e. The Kier molecular flexibility index (Phi) is 4.78. The standard InChI is InChI=1S/C15H25NO/c1-3-9-17-14-6-4-5-13-11-16-10-12(2)15(13)8-7-14/h11,13-14H,3-10H2,1-2H3. The first kappa shape index (κ1) is 12.8. The molecule has 2 rings (SSSR count). The van der Waals surface area contributed by atoms with E-state index in [0.29, 0.717) is 12.0 Å². The van der Waals surface area contributed by atoms with Gasteiger partial charge in [-0.2, -0.15) is 0 Å². The molecule has 0 radical (unpaired) electrons. The third-order valence-corrected chi connectivity index (χ3v) is 3.94. The third-order valence-electron chi connectivity index (χ3n) is 3.94. The first-order chi connectivity index (χ1) is 8.31. The van der Waals surface area contributed by atoms with Crippen molar-refractivity contribution < 1.29 is 4.74 Å². The SMILES string of the molecule is CCCOC1CCCC2C=NCC(C)=C2CC1. The Hall–Kier alpha value is -0.630. The van der Waals surface area contributed by atoms with Gasteiger partial charge in [-0.05, 0) is 45.4 Å². The summed E-state index contributed by atoms with van der Waals surface area (Å²) in [6.45, 7) is 6.28. The third kappa shape index (κ3) is 3.41. The number of fused-ring (bicyclic) bond motifs is 1. The van der Waals surface area contributed by atoms with Gasteiger partial charge in [0.25, 0.3) is 0 Å². The van der Waals surface area contributed by atoms with Crippen molar-refractivity contribution in [2.45, 2.75) is 58.5 Å². The van der Waals surface area contributed by atoms with Gasteiger partial charge in [-0.1, -0.05) is 18.1 Å². The summed E-state index contributed by atoms with van der Waals surface area (Å²) in [5.41, 5.74) is 3.17. The Balaban J connectivity index is 1.95. The molecule has 0 saturated heterocycles. The van der Waals surface area contributed by atoms with E-state index in [9.17, 15) is 0 Å². The summed E-state index contributed by atoms with van der Waals surface area (Å²) < 4.78 is 5.93. The van der Waals surface area contributed by atoms with Gasteiger partial charge in [-0.25, -0.2) is 0 Å². The van der Waals surface area contributed by atoms with E-state index in [1.165, 1.54) is 37.7 Å². The fourth-order valence-electron chi connectivity index (χ4n) is 2.95. The van der Waals surface area contributed by atoms with E-state index >= 15 is 0 Å². The first-order valence-corrected chi connectivity index (χ1v) is 7.11. The number of hydrogen-bond acceptors (Lipinski definition) is 2. The lowest BCUT2D eigenvalue weighted by molar-refractivity contribution is 0.0380. The van der Waals surface area contributed by atoms with Crippen molar-refractivity contribution >= 4 is 6.21 Å². The van der Waals surface area contributed by atoms with Crippen molar-refractivity contribution in [2.24, 2.45) is 10.9 Å². The zero-order valence-corrected chi connectivity index (χ0v) is 11.2. The summed E-state index contributed by atoms with van der Waals surface area (Å²) in [6.07, 6.45) is 10.0. The van der Waals surface area contributed by atoms with Crippen LogP contribution in [-0.4, -0.2) is 25.5 Å². The van der Waals surface area contributed by atoms with Crippen LogP contribution in [-0.2, 0) is 4.74 Å². The molecule has 2 unspecified atom stereocenters. The van der Waals surface area contributed by atoms with Crippen LogP contribution in [0.5, 0.6) is 0 Å². The van der Waals surface area contributed by atoms with E-state index in [-0.39, 0.29) is 0 Å². The molecule has 0 spiro atoms. The second kappa shape index (κ2) is 6.34. The number of nitrogens with zero attached hydrogens (tertiary/aromatic N) is 1. The summed E-state index contributed by atoms with van der Waals surface area (Å²) in [4.78, 5) is 4.47. The highest BCUT2D eigenvalue weighted by Gasteiger charge is 2.22. The lowest BCUT2D eigenvalue weighted by Gasteiger charge is -2.28. The van der Waals surface area contributed by atoms with Gasteiger partial charge in [0.05, 0.1) is 12.6 Å². The van der Waals surface area contributed by atoms with E-state index in [1.807, 2.05) is 0 Å². The maximum absolute atomic E-state index is 5.93.